The largest absolute Gasteiger partial charge is 0.277 e. The van der Waals surface area contributed by atoms with Gasteiger partial charge in [0.15, 0.2) is 21.5 Å². The molecule has 210 valence electrons. The molecule has 1 fully saturated rings. The van der Waals surface area contributed by atoms with E-state index in [0.29, 0.717) is 16.8 Å². The Bertz CT molecular complexity index is 2070. The molecule has 1 saturated carbocycles. The third kappa shape index (κ3) is 4.36. The molecule has 1 aliphatic rings. The fraction of sp³-hybridized carbons (Fsp3) is 0.233. The maximum absolute atomic E-state index is 16.1. The molecule has 5 aromatic rings. The summed E-state index contributed by atoms with van der Waals surface area (Å²) in [4.78, 5) is 17.2. The molecule has 2 aromatic carbocycles. The molecule has 41 heavy (non-hydrogen) atoms. The first-order valence-electron chi connectivity index (χ1n) is 12.9. The lowest BCUT2D eigenvalue weighted by atomic mass is 10.0. The van der Waals surface area contributed by atoms with Gasteiger partial charge < -0.3 is 0 Å². The van der Waals surface area contributed by atoms with Crippen LogP contribution in [-0.2, 0) is 16.9 Å². The van der Waals surface area contributed by atoms with Crippen LogP contribution in [0.4, 0.5) is 8.78 Å². The van der Waals surface area contributed by atoms with Gasteiger partial charge in [-0.05, 0) is 61.6 Å². The van der Waals surface area contributed by atoms with Crippen molar-refractivity contribution in [1.29, 1.82) is 0 Å². The standard InChI is InChI=1S/C30H25ClF2N4O3S/c1-15-14-34-27(18-9-7-11-23(25(18)32)41(4,39)40)26(33)28(15)37-16(2)12-20(24(31)30(37)38)19-13-21(19)29-17-8-5-6-10-22(17)35-36(29)3/h5-12,14,19,21H,13H2,1-4H3/t19-,21+/m1/s1. The second kappa shape index (κ2) is 9.60. The van der Waals surface area contributed by atoms with Gasteiger partial charge in [0.1, 0.15) is 15.6 Å². The third-order valence-electron chi connectivity index (χ3n) is 7.71. The highest BCUT2D eigenvalue weighted by Gasteiger charge is 2.44. The molecule has 2 atom stereocenters. The predicted octanol–water partition coefficient (Wildman–Crippen LogP) is 6.01. The average Bonchev–Trinajstić information content (AvgIpc) is 3.61. The maximum atomic E-state index is 16.1. The molecule has 0 saturated heterocycles. The van der Waals surface area contributed by atoms with Gasteiger partial charge >= 0.3 is 0 Å². The quantitative estimate of drug-likeness (QED) is 0.249. The molecule has 7 nitrogen and oxygen atoms in total. The molecule has 6 rings (SSSR count). The zero-order valence-electron chi connectivity index (χ0n) is 22.6. The van der Waals surface area contributed by atoms with Gasteiger partial charge in [-0.25, -0.2) is 17.2 Å². The summed E-state index contributed by atoms with van der Waals surface area (Å²) in [7, 11) is -2.01. The van der Waals surface area contributed by atoms with Gasteiger partial charge in [-0.1, -0.05) is 35.9 Å². The van der Waals surface area contributed by atoms with Crippen molar-refractivity contribution in [1.82, 2.24) is 19.3 Å². The molecule has 0 radical (unpaired) electrons. The monoisotopic (exact) mass is 594 g/mol. The van der Waals surface area contributed by atoms with E-state index in [0.717, 1.165) is 39.9 Å². The van der Waals surface area contributed by atoms with Crippen molar-refractivity contribution in [3.63, 3.8) is 0 Å². The lowest BCUT2D eigenvalue weighted by Crippen LogP contribution is -2.24. The van der Waals surface area contributed by atoms with E-state index in [9.17, 15) is 13.2 Å². The first-order chi connectivity index (χ1) is 19.4. The average molecular weight is 595 g/mol. The molecule has 0 unspecified atom stereocenters. The second-order valence-electron chi connectivity index (χ2n) is 10.5. The lowest BCUT2D eigenvalue weighted by Gasteiger charge is -2.18. The minimum atomic E-state index is -3.91. The first-order valence-corrected chi connectivity index (χ1v) is 15.1. The van der Waals surface area contributed by atoms with Gasteiger partial charge in [-0.15, -0.1) is 0 Å². The Morgan fingerprint density at radius 3 is 2.49 bits per heavy atom. The van der Waals surface area contributed by atoms with Crippen LogP contribution in [0, 0.1) is 25.5 Å². The van der Waals surface area contributed by atoms with E-state index >= 15 is 8.78 Å². The topological polar surface area (TPSA) is 86.8 Å². The SMILES string of the molecule is Cc1cnc(-c2cccc(S(C)(=O)=O)c2F)c(F)c1-n1c(C)cc([C@H]2C[C@@H]2c2c3ccccc3nn2C)c(Cl)c1=O. The Hall–Kier alpha value is -3.89. The highest BCUT2D eigenvalue weighted by Crippen LogP contribution is 2.57. The van der Waals surface area contributed by atoms with Crippen molar-refractivity contribution in [3.05, 3.63) is 104 Å². The minimum absolute atomic E-state index is 0.00544. The summed E-state index contributed by atoms with van der Waals surface area (Å²) in [5.41, 5.74) is 1.94. The van der Waals surface area contributed by atoms with E-state index in [-0.39, 0.29) is 28.1 Å². The molecule has 11 heteroatoms. The molecule has 3 heterocycles. The van der Waals surface area contributed by atoms with E-state index in [1.165, 1.54) is 18.3 Å². The van der Waals surface area contributed by atoms with Gasteiger partial charge in [0.05, 0.1) is 11.2 Å². The van der Waals surface area contributed by atoms with E-state index in [2.05, 4.69) is 10.1 Å². The highest BCUT2D eigenvalue weighted by atomic mass is 35.5. The Kier molecular flexibility index (Phi) is 6.39. The van der Waals surface area contributed by atoms with E-state index in [1.807, 2.05) is 36.0 Å². The Balaban J connectivity index is 1.45. The summed E-state index contributed by atoms with van der Waals surface area (Å²) in [5, 5.41) is 5.64. The number of aryl methyl sites for hydroxylation is 3. The first kappa shape index (κ1) is 27.3. The number of pyridine rings is 2. The highest BCUT2D eigenvalue weighted by molar-refractivity contribution is 7.90. The fourth-order valence-electron chi connectivity index (χ4n) is 5.74. The minimum Gasteiger partial charge on any atom is -0.277 e. The van der Waals surface area contributed by atoms with Gasteiger partial charge in [-0.2, -0.15) is 5.10 Å². The summed E-state index contributed by atoms with van der Waals surface area (Å²) in [6.45, 7) is 3.26. The van der Waals surface area contributed by atoms with Crippen molar-refractivity contribution >= 4 is 32.3 Å². The van der Waals surface area contributed by atoms with Crippen LogP contribution in [0.15, 0.2) is 64.4 Å². The Morgan fingerprint density at radius 1 is 1.02 bits per heavy atom. The summed E-state index contributed by atoms with van der Waals surface area (Å²) >= 11 is 6.68. The maximum Gasteiger partial charge on any atom is 0.274 e. The number of nitrogens with zero attached hydrogens (tertiary/aromatic N) is 4. The molecule has 0 aliphatic heterocycles. The van der Waals surface area contributed by atoms with E-state index < -0.39 is 37.6 Å². The summed E-state index contributed by atoms with van der Waals surface area (Å²) in [6.07, 6.45) is 2.97. The number of halogens is 3. The smallest absolute Gasteiger partial charge is 0.274 e. The van der Waals surface area contributed by atoms with Gasteiger partial charge in [-0.3, -0.25) is 19.0 Å². The van der Waals surface area contributed by atoms with Crippen LogP contribution in [0.3, 0.4) is 0 Å². The second-order valence-corrected chi connectivity index (χ2v) is 12.9. The van der Waals surface area contributed by atoms with Crippen molar-refractivity contribution in [2.45, 2.75) is 37.0 Å². The van der Waals surface area contributed by atoms with Gasteiger partial charge in [0.2, 0.25) is 0 Å². The summed E-state index contributed by atoms with van der Waals surface area (Å²) in [6, 6.07) is 13.3. The van der Waals surface area contributed by atoms with Gasteiger partial charge in [0.25, 0.3) is 5.56 Å². The molecular formula is C30H25ClF2N4O3S. The van der Waals surface area contributed by atoms with Crippen LogP contribution in [0.25, 0.3) is 27.8 Å². The summed E-state index contributed by atoms with van der Waals surface area (Å²) < 4.78 is 58.5. The van der Waals surface area contributed by atoms with Crippen LogP contribution in [-0.4, -0.2) is 34.0 Å². The van der Waals surface area contributed by atoms with Crippen molar-refractivity contribution in [2.75, 3.05) is 6.26 Å². The molecule has 1 aliphatic carbocycles. The number of aromatic nitrogens is 4. The van der Waals surface area contributed by atoms with Crippen LogP contribution < -0.4 is 5.56 Å². The Labute approximate surface area is 240 Å². The molecular weight excluding hydrogens is 570 g/mol. The number of rotatable bonds is 5. The number of hydrogen-bond donors (Lipinski definition) is 0. The number of benzene rings is 2. The van der Waals surface area contributed by atoms with E-state index in [1.54, 1.807) is 19.9 Å². The predicted molar refractivity (Wildman–Crippen MR) is 154 cm³/mol. The molecule has 0 amide bonds. The molecule has 0 bridgehead atoms. The third-order valence-corrected chi connectivity index (χ3v) is 9.20. The number of hydrogen-bond acceptors (Lipinski definition) is 5. The fourth-order valence-corrected chi connectivity index (χ4v) is 6.78. The zero-order chi connectivity index (χ0) is 29.4. The van der Waals surface area contributed by atoms with E-state index in [4.69, 9.17) is 11.6 Å². The number of fused-ring (bicyclic) bond motifs is 1. The number of sulfone groups is 1. The van der Waals surface area contributed by atoms with Gasteiger partial charge in [0, 0.05) is 47.8 Å². The zero-order valence-corrected chi connectivity index (χ0v) is 24.2. The molecule has 0 N–H and O–H groups in total. The van der Waals surface area contributed by atoms with Crippen molar-refractivity contribution < 1.29 is 17.2 Å². The summed E-state index contributed by atoms with van der Waals surface area (Å²) in [5.74, 6) is -1.96. The van der Waals surface area contributed by atoms with Crippen molar-refractivity contribution in [3.8, 4) is 16.9 Å². The Morgan fingerprint density at radius 2 is 1.76 bits per heavy atom. The lowest BCUT2D eigenvalue weighted by molar-refractivity contribution is 0.569. The van der Waals surface area contributed by atoms with Crippen LogP contribution in [0.5, 0.6) is 0 Å². The molecule has 3 aromatic heterocycles. The van der Waals surface area contributed by atoms with Crippen LogP contribution in [0.1, 0.15) is 40.8 Å². The molecule has 0 spiro atoms. The van der Waals surface area contributed by atoms with Crippen molar-refractivity contribution in [2.24, 2.45) is 7.05 Å². The van der Waals surface area contributed by atoms with Crippen LogP contribution in [0.2, 0.25) is 5.02 Å². The van der Waals surface area contributed by atoms with Crippen LogP contribution >= 0.6 is 11.6 Å². The normalized spacial score (nSPS) is 16.9.